The summed E-state index contributed by atoms with van der Waals surface area (Å²) in [5, 5.41) is 14.0. The molecule has 0 radical (unpaired) electrons. The van der Waals surface area contributed by atoms with Gasteiger partial charge in [0.15, 0.2) is 11.6 Å². The van der Waals surface area contributed by atoms with Crippen LogP contribution in [0.1, 0.15) is 15.9 Å². The standard InChI is InChI=1S/C18H16N4O/c1-13-7-9-15(10-8-13)19-16-11-12-17(22-21-16)20-18(23)14-5-3-2-4-6-14/h2-12H,1H3,(H,19,21)(H,20,22,23). The second-order valence-corrected chi connectivity index (χ2v) is 5.11. The molecule has 114 valence electrons. The molecule has 3 rings (SSSR count). The zero-order chi connectivity index (χ0) is 16.1. The first kappa shape index (κ1) is 14.7. The third kappa shape index (κ3) is 3.91. The van der Waals surface area contributed by atoms with Crippen LogP contribution in [-0.4, -0.2) is 16.1 Å². The molecule has 5 heteroatoms. The lowest BCUT2D eigenvalue weighted by molar-refractivity contribution is 0.102. The molecule has 1 aromatic heterocycles. The fourth-order valence-corrected chi connectivity index (χ4v) is 2.03. The molecule has 1 heterocycles. The van der Waals surface area contributed by atoms with E-state index < -0.39 is 0 Å². The number of nitrogens with one attached hydrogen (secondary N) is 2. The lowest BCUT2D eigenvalue weighted by atomic mass is 10.2. The molecule has 0 atom stereocenters. The first-order valence-corrected chi connectivity index (χ1v) is 7.24. The van der Waals surface area contributed by atoms with Crippen LogP contribution in [0.2, 0.25) is 0 Å². The lowest BCUT2D eigenvalue weighted by Crippen LogP contribution is -2.13. The van der Waals surface area contributed by atoms with E-state index >= 15 is 0 Å². The number of hydrogen-bond acceptors (Lipinski definition) is 4. The maximum atomic E-state index is 12.0. The highest BCUT2D eigenvalue weighted by atomic mass is 16.1. The maximum absolute atomic E-state index is 12.0. The molecule has 2 N–H and O–H groups in total. The average molecular weight is 304 g/mol. The minimum absolute atomic E-state index is 0.209. The molecular formula is C18H16N4O. The summed E-state index contributed by atoms with van der Waals surface area (Å²) in [6.07, 6.45) is 0. The SMILES string of the molecule is Cc1ccc(Nc2ccc(NC(=O)c3ccccc3)nn2)cc1. The van der Waals surface area contributed by atoms with Gasteiger partial charge in [-0.15, -0.1) is 10.2 Å². The van der Waals surface area contributed by atoms with Crippen LogP contribution in [-0.2, 0) is 0 Å². The van der Waals surface area contributed by atoms with Gasteiger partial charge in [0.2, 0.25) is 0 Å². The summed E-state index contributed by atoms with van der Waals surface area (Å²) in [4.78, 5) is 12.0. The molecule has 5 nitrogen and oxygen atoms in total. The van der Waals surface area contributed by atoms with Crippen molar-refractivity contribution in [3.8, 4) is 0 Å². The number of carbonyl (C=O) groups excluding carboxylic acids is 1. The maximum Gasteiger partial charge on any atom is 0.256 e. The topological polar surface area (TPSA) is 66.9 Å². The molecule has 0 aliphatic carbocycles. The molecule has 0 spiro atoms. The van der Waals surface area contributed by atoms with Crippen LogP contribution in [0.5, 0.6) is 0 Å². The monoisotopic (exact) mass is 304 g/mol. The van der Waals surface area contributed by atoms with Gasteiger partial charge in [-0.3, -0.25) is 4.79 Å². The van der Waals surface area contributed by atoms with Crippen LogP contribution in [0.3, 0.4) is 0 Å². The second-order valence-electron chi connectivity index (χ2n) is 5.11. The lowest BCUT2D eigenvalue weighted by Gasteiger charge is -2.07. The molecule has 0 aliphatic heterocycles. The number of carbonyl (C=O) groups is 1. The predicted octanol–water partition coefficient (Wildman–Crippen LogP) is 3.78. The Labute approximate surface area is 134 Å². The fraction of sp³-hybridized carbons (Fsp3) is 0.0556. The van der Waals surface area contributed by atoms with Crippen molar-refractivity contribution in [2.45, 2.75) is 6.92 Å². The van der Waals surface area contributed by atoms with Gasteiger partial charge in [0.1, 0.15) is 0 Å². The van der Waals surface area contributed by atoms with Crippen LogP contribution >= 0.6 is 0 Å². The normalized spacial score (nSPS) is 10.1. The molecule has 1 amide bonds. The quantitative estimate of drug-likeness (QED) is 0.769. The van der Waals surface area contributed by atoms with Crippen molar-refractivity contribution in [3.63, 3.8) is 0 Å². The van der Waals surface area contributed by atoms with Crippen molar-refractivity contribution >= 4 is 23.2 Å². The van der Waals surface area contributed by atoms with E-state index in [2.05, 4.69) is 20.8 Å². The minimum Gasteiger partial charge on any atom is -0.339 e. The molecule has 0 bridgehead atoms. The number of hydrogen-bond donors (Lipinski definition) is 2. The van der Waals surface area contributed by atoms with E-state index in [0.29, 0.717) is 17.2 Å². The van der Waals surface area contributed by atoms with Gasteiger partial charge in [0.05, 0.1) is 0 Å². The molecule has 2 aromatic carbocycles. The highest BCUT2D eigenvalue weighted by Crippen LogP contribution is 2.15. The summed E-state index contributed by atoms with van der Waals surface area (Å²) >= 11 is 0. The van der Waals surface area contributed by atoms with E-state index in [1.165, 1.54) is 5.56 Å². The zero-order valence-corrected chi connectivity index (χ0v) is 12.7. The van der Waals surface area contributed by atoms with Crippen molar-refractivity contribution in [3.05, 3.63) is 77.9 Å². The summed E-state index contributed by atoms with van der Waals surface area (Å²) in [6, 6.07) is 20.5. The van der Waals surface area contributed by atoms with Gasteiger partial charge in [0, 0.05) is 11.3 Å². The number of nitrogens with zero attached hydrogens (tertiary/aromatic N) is 2. The molecule has 0 saturated carbocycles. The first-order valence-electron chi connectivity index (χ1n) is 7.24. The highest BCUT2D eigenvalue weighted by molar-refractivity contribution is 6.03. The summed E-state index contributed by atoms with van der Waals surface area (Å²) in [6.45, 7) is 2.04. The first-order chi connectivity index (χ1) is 11.2. The Morgan fingerprint density at radius 3 is 2.13 bits per heavy atom. The van der Waals surface area contributed by atoms with E-state index in [9.17, 15) is 4.79 Å². The summed E-state index contributed by atoms with van der Waals surface area (Å²) < 4.78 is 0. The summed E-state index contributed by atoms with van der Waals surface area (Å²) in [7, 11) is 0. The van der Waals surface area contributed by atoms with Crippen LogP contribution in [0.15, 0.2) is 66.7 Å². The largest absolute Gasteiger partial charge is 0.339 e. The van der Waals surface area contributed by atoms with Gasteiger partial charge in [-0.05, 0) is 43.3 Å². The van der Waals surface area contributed by atoms with E-state index in [1.807, 2.05) is 49.4 Å². The van der Waals surface area contributed by atoms with Crippen molar-refractivity contribution in [1.82, 2.24) is 10.2 Å². The van der Waals surface area contributed by atoms with Gasteiger partial charge in [-0.25, -0.2) is 0 Å². The van der Waals surface area contributed by atoms with Gasteiger partial charge in [-0.1, -0.05) is 35.9 Å². The third-order valence-electron chi connectivity index (χ3n) is 3.27. The number of rotatable bonds is 4. The van der Waals surface area contributed by atoms with Gasteiger partial charge < -0.3 is 10.6 Å². The Hall–Kier alpha value is -3.21. The van der Waals surface area contributed by atoms with Gasteiger partial charge in [-0.2, -0.15) is 0 Å². The van der Waals surface area contributed by atoms with Gasteiger partial charge in [0.25, 0.3) is 5.91 Å². The molecule has 0 aliphatic rings. The number of aryl methyl sites for hydroxylation is 1. The molecule has 0 unspecified atom stereocenters. The average Bonchev–Trinajstić information content (AvgIpc) is 2.59. The minimum atomic E-state index is -0.209. The highest BCUT2D eigenvalue weighted by Gasteiger charge is 2.06. The molecule has 3 aromatic rings. The Kier molecular flexibility index (Phi) is 4.29. The van der Waals surface area contributed by atoms with E-state index in [0.717, 1.165) is 5.69 Å². The van der Waals surface area contributed by atoms with E-state index in [-0.39, 0.29) is 5.91 Å². The zero-order valence-electron chi connectivity index (χ0n) is 12.7. The Morgan fingerprint density at radius 1 is 0.826 bits per heavy atom. The Bertz CT molecular complexity index is 784. The molecule has 0 fully saturated rings. The predicted molar refractivity (Wildman–Crippen MR) is 90.9 cm³/mol. The third-order valence-corrected chi connectivity index (χ3v) is 3.27. The Balaban J connectivity index is 1.65. The van der Waals surface area contributed by atoms with Crippen molar-refractivity contribution in [2.75, 3.05) is 10.6 Å². The summed E-state index contributed by atoms with van der Waals surface area (Å²) in [5.74, 6) is 0.819. The number of amides is 1. The smallest absolute Gasteiger partial charge is 0.256 e. The van der Waals surface area contributed by atoms with Crippen molar-refractivity contribution in [1.29, 1.82) is 0 Å². The van der Waals surface area contributed by atoms with Crippen LogP contribution in [0.25, 0.3) is 0 Å². The van der Waals surface area contributed by atoms with Crippen molar-refractivity contribution in [2.24, 2.45) is 0 Å². The fourth-order valence-electron chi connectivity index (χ4n) is 2.03. The van der Waals surface area contributed by atoms with E-state index in [1.54, 1.807) is 24.3 Å². The summed E-state index contributed by atoms with van der Waals surface area (Å²) in [5.41, 5.74) is 2.71. The van der Waals surface area contributed by atoms with Crippen molar-refractivity contribution < 1.29 is 4.79 Å². The number of anilines is 3. The molecule has 0 saturated heterocycles. The van der Waals surface area contributed by atoms with Gasteiger partial charge >= 0.3 is 0 Å². The van der Waals surface area contributed by atoms with Crippen LogP contribution < -0.4 is 10.6 Å². The van der Waals surface area contributed by atoms with E-state index in [4.69, 9.17) is 0 Å². The van der Waals surface area contributed by atoms with Crippen LogP contribution in [0.4, 0.5) is 17.3 Å². The Morgan fingerprint density at radius 2 is 1.48 bits per heavy atom. The van der Waals surface area contributed by atoms with Crippen LogP contribution in [0, 0.1) is 6.92 Å². The number of aromatic nitrogens is 2. The molecule has 23 heavy (non-hydrogen) atoms. The second kappa shape index (κ2) is 6.70. The number of benzene rings is 2. The molecular weight excluding hydrogens is 288 g/mol.